The number of sulfonamides is 1. The Morgan fingerprint density at radius 1 is 0.864 bits per heavy atom. The van der Waals surface area contributed by atoms with Gasteiger partial charge in [0.1, 0.15) is 0 Å². The lowest BCUT2D eigenvalue weighted by molar-refractivity contribution is 0.602. The Bertz CT molecular complexity index is 940. The molecule has 3 aromatic carbocycles. The second-order valence-electron chi connectivity index (χ2n) is 4.70. The number of fused-ring (bicyclic) bond motifs is 1. The molecule has 6 heteroatoms. The summed E-state index contributed by atoms with van der Waals surface area (Å²) < 4.78 is 28.8. The predicted octanol–water partition coefficient (Wildman–Crippen LogP) is 5.06. The van der Waals surface area contributed by atoms with E-state index in [2.05, 4.69) is 20.7 Å². The van der Waals surface area contributed by atoms with Gasteiger partial charge in [-0.2, -0.15) is 0 Å². The maximum absolute atomic E-state index is 12.6. The molecule has 1 N–H and O–H groups in total. The van der Waals surface area contributed by atoms with Crippen LogP contribution in [0.2, 0.25) is 5.02 Å². The Morgan fingerprint density at radius 2 is 1.50 bits per heavy atom. The van der Waals surface area contributed by atoms with Crippen molar-refractivity contribution in [1.29, 1.82) is 0 Å². The second kappa shape index (κ2) is 5.91. The van der Waals surface area contributed by atoms with Gasteiger partial charge in [-0.1, -0.05) is 51.8 Å². The fourth-order valence-corrected chi connectivity index (χ4v) is 3.96. The summed E-state index contributed by atoms with van der Waals surface area (Å²) >= 11 is 9.45. The van der Waals surface area contributed by atoms with Gasteiger partial charge in [-0.3, -0.25) is 4.72 Å². The summed E-state index contributed by atoms with van der Waals surface area (Å²) in [6, 6.07) is 17.2. The highest BCUT2D eigenvalue weighted by atomic mass is 79.9. The lowest BCUT2D eigenvalue weighted by Crippen LogP contribution is -2.13. The van der Waals surface area contributed by atoms with Crippen LogP contribution in [0.3, 0.4) is 0 Å². The van der Waals surface area contributed by atoms with Gasteiger partial charge in [-0.25, -0.2) is 8.42 Å². The molecule has 0 amide bonds. The van der Waals surface area contributed by atoms with Gasteiger partial charge in [0.2, 0.25) is 0 Å². The fourth-order valence-electron chi connectivity index (χ4n) is 2.20. The van der Waals surface area contributed by atoms with Crippen LogP contribution in [-0.2, 0) is 10.0 Å². The molecule has 0 saturated heterocycles. The first-order valence-electron chi connectivity index (χ1n) is 6.43. The van der Waals surface area contributed by atoms with Crippen LogP contribution in [0, 0.1) is 0 Å². The molecule has 0 aliphatic rings. The van der Waals surface area contributed by atoms with Crippen molar-refractivity contribution in [2.24, 2.45) is 0 Å². The molecule has 112 valence electrons. The maximum atomic E-state index is 12.6. The Kier molecular flexibility index (Phi) is 4.12. The Hall–Kier alpha value is -1.56. The summed E-state index contributed by atoms with van der Waals surface area (Å²) in [5.74, 6) is 0. The highest BCUT2D eigenvalue weighted by Crippen LogP contribution is 2.30. The van der Waals surface area contributed by atoms with Crippen molar-refractivity contribution >= 4 is 54.0 Å². The van der Waals surface area contributed by atoms with E-state index < -0.39 is 10.0 Å². The first kappa shape index (κ1) is 15.3. The molecule has 0 heterocycles. The Labute approximate surface area is 142 Å². The highest BCUT2D eigenvalue weighted by Gasteiger charge is 2.18. The van der Waals surface area contributed by atoms with E-state index in [0.29, 0.717) is 21.5 Å². The minimum atomic E-state index is -3.69. The van der Waals surface area contributed by atoms with Gasteiger partial charge < -0.3 is 0 Å². The third kappa shape index (κ3) is 2.97. The van der Waals surface area contributed by atoms with Crippen LogP contribution < -0.4 is 4.72 Å². The van der Waals surface area contributed by atoms with Gasteiger partial charge in [-0.15, -0.1) is 0 Å². The number of nitrogens with one attached hydrogen (secondary N) is 1. The number of benzene rings is 3. The van der Waals surface area contributed by atoms with E-state index in [9.17, 15) is 8.42 Å². The van der Waals surface area contributed by atoms with E-state index in [0.717, 1.165) is 4.47 Å². The van der Waals surface area contributed by atoms with E-state index in [1.54, 1.807) is 48.5 Å². The maximum Gasteiger partial charge on any atom is 0.262 e. The Morgan fingerprint density at radius 3 is 2.18 bits per heavy atom. The SMILES string of the molecule is O=S(=O)(Nc1ccc(Br)cc1)c1ccc(Cl)c2ccccc12. The smallest absolute Gasteiger partial charge is 0.262 e. The molecule has 0 aromatic heterocycles. The molecule has 0 radical (unpaired) electrons. The minimum absolute atomic E-state index is 0.204. The number of hydrogen-bond donors (Lipinski definition) is 1. The van der Waals surface area contributed by atoms with E-state index in [1.165, 1.54) is 6.07 Å². The molecule has 0 saturated carbocycles. The summed E-state index contributed by atoms with van der Waals surface area (Å²) in [6.45, 7) is 0. The monoisotopic (exact) mass is 395 g/mol. The molecule has 22 heavy (non-hydrogen) atoms. The van der Waals surface area contributed by atoms with Crippen molar-refractivity contribution in [2.45, 2.75) is 4.90 Å². The van der Waals surface area contributed by atoms with Crippen LogP contribution in [0.25, 0.3) is 10.8 Å². The predicted molar refractivity (Wildman–Crippen MR) is 93.9 cm³/mol. The molecule has 0 aliphatic heterocycles. The van der Waals surface area contributed by atoms with Crippen LogP contribution in [0.15, 0.2) is 70.0 Å². The average Bonchev–Trinajstić information content (AvgIpc) is 2.50. The van der Waals surface area contributed by atoms with Gasteiger partial charge in [0, 0.05) is 26.0 Å². The number of rotatable bonds is 3. The zero-order valence-corrected chi connectivity index (χ0v) is 14.4. The van der Waals surface area contributed by atoms with E-state index in [-0.39, 0.29) is 4.90 Å². The molecule has 0 fully saturated rings. The molecule has 0 unspecified atom stereocenters. The van der Waals surface area contributed by atoms with Crippen LogP contribution in [0.4, 0.5) is 5.69 Å². The van der Waals surface area contributed by atoms with E-state index >= 15 is 0 Å². The van der Waals surface area contributed by atoms with Crippen molar-refractivity contribution in [3.63, 3.8) is 0 Å². The molecule has 0 bridgehead atoms. The summed E-state index contributed by atoms with van der Waals surface area (Å²) in [5.41, 5.74) is 0.502. The first-order chi connectivity index (χ1) is 10.5. The van der Waals surface area contributed by atoms with Crippen molar-refractivity contribution in [2.75, 3.05) is 4.72 Å². The van der Waals surface area contributed by atoms with Gasteiger partial charge >= 0.3 is 0 Å². The van der Waals surface area contributed by atoms with Crippen LogP contribution in [-0.4, -0.2) is 8.42 Å². The standard InChI is InChI=1S/C16H11BrClNO2S/c17-11-5-7-12(8-6-11)19-22(20,21)16-10-9-15(18)13-3-1-2-4-14(13)16/h1-10,19H. The minimum Gasteiger partial charge on any atom is -0.280 e. The zero-order valence-electron chi connectivity index (χ0n) is 11.3. The number of hydrogen-bond acceptors (Lipinski definition) is 2. The first-order valence-corrected chi connectivity index (χ1v) is 9.08. The quantitative estimate of drug-likeness (QED) is 0.673. The third-order valence-corrected chi connectivity index (χ3v) is 5.51. The molecular formula is C16H11BrClNO2S. The molecule has 3 aromatic rings. The van der Waals surface area contributed by atoms with Crippen LogP contribution in [0.5, 0.6) is 0 Å². The normalized spacial score (nSPS) is 11.5. The van der Waals surface area contributed by atoms with Crippen LogP contribution >= 0.6 is 27.5 Å². The largest absolute Gasteiger partial charge is 0.280 e. The molecule has 0 atom stereocenters. The van der Waals surface area contributed by atoms with Gasteiger partial charge in [0.05, 0.1) is 4.90 Å². The summed E-state index contributed by atoms with van der Waals surface area (Å²) in [5, 5.41) is 1.83. The van der Waals surface area contributed by atoms with Crippen LogP contribution in [0.1, 0.15) is 0 Å². The molecule has 0 spiro atoms. The molecule has 3 rings (SSSR count). The lowest BCUT2D eigenvalue weighted by atomic mass is 10.1. The van der Waals surface area contributed by atoms with Gasteiger partial charge in [0.25, 0.3) is 10.0 Å². The lowest BCUT2D eigenvalue weighted by Gasteiger charge is -2.11. The topological polar surface area (TPSA) is 46.2 Å². The summed E-state index contributed by atoms with van der Waals surface area (Å²) in [6.07, 6.45) is 0. The molecule has 0 aliphatic carbocycles. The average molecular weight is 397 g/mol. The van der Waals surface area contributed by atoms with E-state index in [1.807, 2.05) is 6.07 Å². The second-order valence-corrected chi connectivity index (χ2v) is 7.68. The zero-order chi connectivity index (χ0) is 15.7. The van der Waals surface area contributed by atoms with E-state index in [4.69, 9.17) is 11.6 Å². The number of halogens is 2. The van der Waals surface area contributed by atoms with Gasteiger partial charge in [-0.05, 0) is 36.4 Å². The summed E-state index contributed by atoms with van der Waals surface area (Å²) in [7, 11) is -3.69. The Balaban J connectivity index is 2.10. The van der Waals surface area contributed by atoms with Gasteiger partial charge in [0.15, 0.2) is 0 Å². The molecule has 3 nitrogen and oxygen atoms in total. The van der Waals surface area contributed by atoms with Crippen molar-refractivity contribution in [1.82, 2.24) is 0 Å². The van der Waals surface area contributed by atoms with Crippen molar-refractivity contribution in [3.8, 4) is 0 Å². The number of anilines is 1. The summed E-state index contributed by atoms with van der Waals surface area (Å²) in [4.78, 5) is 0.204. The molecular weight excluding hydrogens is 386 g/mol. The van der Waals surface area contributed by atoms with Crippen molar-refractivity contribution < 1.29 is 8.42 Å². The van der Waals surface area contributed by atoms with Crippen molar-refractivity contribution in [3.05, 3.63) is 70.2 Å². The third-order valence-electron chi connectivity index (χ3n) is 3.22. The fraction of sp³-hybridized carbons (Fsp3) is 0. The highest BCUT2D eigenvalue weighted by molar-refractivity contribution is 9.10.